The van der Waals surface area contributed by atoms with Crippen LogP contribution < -0.4 is 10.9 Å². The van der Waals surface area contributed by atoms with Gasteiger partial charge in [-0.2, -0.15) is 10.2 Å². The van der Waals surface area contributed by atoms with Crippen LogP contribution in [0.3, 0.4) is 0 Å². The number of nitrogens with one attached hydrogen (secondary N) is 1. The number of hydrogen-bond donors (Lipinski definition) is 1. The topological polar surface area (TPSA) is 90.0 Å². The number of fused-ring (bicyclic) bond motifs is 1. The normalized spacial score (nSPS) is 22.4. The molecule has 5 rings (SSSR count). The van der Waals surface area contributed by atoms with Crippen molar-refractivity contribution in [3.63, 3.8) is 0 Å². The van der Waals surface area contributed by atoms with Crippen LogP contribution in [0.2, 0.25) is 0 Å². The summed E-state index contributed by atoms with van der Waals surface area (Å²) < 4.78 is 5.25. The maximum atomic E-state index is 13.1. The van der Waals surface area contributed by atoms with Crippen LogP contribution in [0.15, 0.2) is 29.5 Å². The van der Waals surface area contributed by atoms with E-state index in [1.807, 2.05) is 36.4 Å². The summed E-state index contributed by atoms with van der Waals surface area (Å²) in [5.41, 5.74) is 2.27. The molecule has 0 spiro atoms. The van der Waals surface area contributed by atoms with E-state index in [0.717, 1.165) is 50.0 Å². The number of rotatable bonds is 5. The zero-order valence-corrected chi connectivity index (χ0v) is 21.1. The van der Waals surface area contributed by atoms with E-state index in [1.54, 1.807) is 16.3 Å². The molecule has 1 N–H and O–H groups in total. The van der Waals surface area contributed by atoms with Crippen LogP contribution in [0.1, 0.15) is 44.9 Å². The predicted molar refractivity (Wildman–Crippen MR) is 136 cm³/mol. The number of aryl methyl sites for hydroxylation is 2. The van der Waals surface area contributed by atoms with Crippen molar-refractivity contribution >= 4 is 16.8 Å². The Kier molecular flexibility index (Phi) is 6.77. The molecular formula is C26H37N7O2. The van der Waals surface area contributed by atoms with E-state index >= 15 is 0 Å². The maximum absolute atomic E-state index is 13.1. The number of aromatic nitrogens is 5. The van der Waals surface area contributed by atoms with Gasteiger partial charge in [-0.3, -0.25) is 19.0 Å². The Balaban J connectivity index is 1.37. The van der Waals surface area contributed by atoms with E-state index in [2.05, 4.69) is 22.4 Å². The second-order valence-corrected chi connectivity index (χ2v) is 10.6. The Morgan fingerprint density at radius 3 is 2.63 bits per heavy atom. The zero-order valence-electron chi connectivity index (χ0n) is 21.1. The van der Waals surface area contributed by atoms with Gasteiger partial charge in [-0.1, -0.05) is 19.3 Å². The summed E-state index contributed by atoms with van der Waals surface area (Å²) in [6, 6.07) is 2.28. The number of hydrogen-bond acceptors (Lipinski definition) is 5. The molecule has 2 atom stereocenters. The predicted octanol–water partition coefficient (Wildman–Crippen LogP) is 2.54. The highest BCUT2D eigenvalue weighted by Crippen LogP contribution is 2.27. The summed E-state index contributed by atoms with van der Waals surface area (Å²) in [6.45, 7) is 2.51. The Bertz CT molecular complexity index is 1250. The zero-order chi connectivity index (χ0) is 24.5. The molecule has 1 saturated carbocycles. The maximum Gasteiger partial charge on any atom is 0.261 e. The standard InChI is InChI=1S/C26H37N7O2/c1-30-11-9-19(25(34)27-20-7-5-4-6-8-20)13-18(14-30)15-33-17-22-24(29-33)21(16-31(2)26(22)35)23-10-12-32(3)28-23/h10,12,16-20H,4-9,11,13-15H2,1-3H3,(H,27,34)/t18-,19-/m0/s1. The van der Waals surface area contributed by atoms with Crippen LogP contribution in [0.25, 0.3) is 22.2 Å². The first-order chi connectivity index (χ1) is 16.9. The van der Waals surface area contributed by atoms with E-state index < -0.39 is 0 Å². The average Bonchev–Trinajstić information content (AvgIpc) is 3.40. The monoisotopic (exact) mass is 479 g/mol. The molecule has 0 unspecified atom stereocenters. The fraction of sp³-hybridized carbons (Fsp3) is 0.615. The minimum Gasteiger partial charge on any atom is -0.353 e. The Hall–Kier alpha value is -2.94. The lowest BCUT2D eigenvalue weighted by molar-refractivity contribution is -0.126. The number of carbonyl (C=O) groups is 1. The minimum atomic E-state index is -0.0614. The van der Waals surface area contributed by atoms with Gasteiger partial charge in [0, 0.05) is 63.3 Å². The van der Waals surface area contributed by atoms with Crippen molar-refractivity contribution in [2.45, 2.75) is 57.5 Å². The van der Waals surface area contributed by atoms with Crippen molar-refractivity contribution in [3.8, 4) is 11.3 Å². The van der Waals surface area contributed by atoms with E-state index in [9.17, 15) is 9.59 Å². The number of carbonyl (C=O) groups excluding carboxylic acids is 1. The van der Waals surface area contributed by atoms with E-state index in [0.29, 0.717) is 23.5 Å². The van der Waals surface area contributed by atoms with Crippen molar-refractivity contribution < 1.29 is 4.79 Å². The molecule has 35 heavy (non-hydrogen) atoms. The van der Waals surface area contributed by atoms with Gasteiger partial charge in [-0.15, -0.1) is 0 Å². The van der Waals surface area contributed by atoms with Crippen LogP contribution in [-0.4, -0.2) is 61.1 Å². The molecule has 3 aromatic heterocycles. The average molecular weight is 480 g/mol. The highest BCUT2D eigenvalue weighted by molar-refractivity contribution is 5.91. The Morgan fingerprint density at radius 2 is 1.89 bits per heavy atom. The SMILES string of the molecule is CN1CC[C@H](C(=O)NC2CCCCC2)C[C@H](Cn2cc3c(=O)n(C)cc(-c4ccn(C)n4)c3n2)C1. The molecule has 0 radical (unpaired) electrons. The molecule has 3 aromatic rings. The molecule has 9 heteroatoms. The quantitative estimate of drug-likeness (QED) is 0.607. The van der Waals surface area contributed by atoms with Crippen molar-refractivity contribution in [2.24, 2.45) is 25.9 Å². The molecule has 0 bridgehead atoms. The summed E-state index contributed by atoms with van der Waals surface area (Å²) in [7, 11) is 5.77. The first kappa shape index (κ1) is 23.8. The first-order valence-corrected chi connectivity index (χ1v) is 12.9. The molecule has 0 aromatic carbocycles. The van der Waals surface area contributed by atoms with Gasteiger partial charge >= 0.3 is 0 Å². The fourth-order valence-corrected chi connectivity index (χ4v) is 5.82. The summed E-state index contributed by atoms with van der Waals surface area (Å²) in [5.74, 6) is 0.518. The number of amides is 1. The second kappa shape index (κ2) is 9.97. The van der Waals surface area contributed by atoms with Gasteiger partial charge in [0.1, 0.15) is 5.52 Å². The van der Waals surface area contributed by atoms with E-state index in [-0.39, 0.29) is 23.3 Å². The summed E-state index contributed by atoms with van der Waals surface area (Å²) in [5, 5.41) is 13.3. The highest BCUT2D eigenvalue weighted by Gasteiger charge is 2.29. The largest absolute Gasteiger partial charge is 0.353 e. The highest BCUT2D eigenvalue weighted by atomic mass is 16.2. The summed E-state index contributed by atoms with van der Waals surface area (Å²) >= 11 is 0. The van der Waals surface area contributed by atoms with E-state index in [4.69, 9.17) is 5.10 Å². The molecule has 9 nitrogen and oxygen atoms in total. The molecule has 4 heterocycles. The van der Waals surface area contributed by atoms with Gasteiger partial charge in [-0.25, -0.2) is 0 Å². The van der Waals surface area contributed by atoms with Crippen LogP contribution >= 0.6 is 0 Å². The summed E-state index contributed by atoms with van der Waals surface area (Å²) in [6.07, 6.45) is 13.2. The molecule has 2 aliphatic rings. The third kappa shape index (κ3) is 5.19. The molecular weight excluding hydrogens is 442 g/mol. The molecule has 1 amide bonds. The van der Waals surface area contributed by atoms with Crippen molar-refractivity contribution in [3.05, 3.63) is 35.0 Å². The number of likely N-dealkylation sites (tertiary alicyclic amines) is 1. The molecule has 1 aliphatic carbocycles. The van der Waals surface area contributed by atoms with E-state index in [1.165, 1.54) is 19.3 Å². The number of nitrogens with zero attached hydrogens (tertiary/aromatic N) is 6. The van der Waals surface area contributed by atoms with Crippen LogP contribution in [0.4, 0.5) is 0 Å². The molecule has 1 saturated heterocycles. The van der Waals surface area contributed by atoms with Gasteiger partial charge in [0.2, 0.25) is 5.91 Å². The minimum absolute atomic E-state index is 0.0220. The molecule has 2 fully saturated rings. The van der Waals surface area contributed by atoms with Crippen LogP contribution in [0, 0.1) is 11.8 Å². The second-order valence-electron chi connectivity index (χ2n) is 10.6. The summed E-state index contributed by atoms with van der Waals surface area (Å²) in [4.78, 5) is 28.3. The number of pyridine rings is 1. The Labute approximate surface area is 206 Å². The third-order valence-corrected chi connectivity index (χ3v) is 7.69. The van der Waals surface area contributed by atoms with Gasteiger partial charge in [-0.05, 0) is 51.3 Å². The molecule has 188 valence electrons. The third-order valence-electron chi connectivity index (χ3n) is 7.69. The van der Waals surface area contributed by atoms with Crippen molar-refractivity contribution in [1.82, 2.24) is 34.3 Å². The van der Waals surface area contributed by atoms with Crippen molar-refractivity contribution in [1.29, 1.82) is 0 Å². The van der Waals surface area contributed by atoms with Crippen LogP contribution in [0.5, 0.6) is 0 Å². The van der Waals surface area contributed by atoms with Gasteiger partial charge < -0.3 is 14.8 Å². The van der Waals surface area contributed by atoms with Gasteiger partial charge in [0.25, 0.3) is 5.56 Å². The first-order valence-electron chi connectivity index (χ1n) is 12.9. The lowest BCUT2D eigenvalue weighted by Gasteiger charge is -2.26. The van der Waals surface area contributed by atoms with Crippen LogP contribution in [-0.2, 0) is 25.4 Å². The fourth-order valence-electron chi connectivity index (χ4n) is 5.82. The molecule has 1 aliphatic heterocycles. The lowest BCUT2D eigenvalue weighted by Crippen LogP contribution is -2.40. The van der Waals surface area contributed by atoms with Crippen molar-refractivity contribution in [2.75, 3.05) is 20.1 Å². The van der Waals surface area contributed by atoms with Gasteiger partial charge in [0.05, 0.1) is 11.1 Å². The smallest absolute Gasteiger partial charge is 0.261 e. The Morgan fingerprint density at radius 1 is 1.09 bits per heavy atom. The lowest BCUT2D eigenvalue weighted by atomic mass is 9.91. The van der Waals surface area contributed by atoms with Gasteiger partial charge in [0.15, 0.2) is 0 Å².